The molecule has 3 heterocycles. The van der Waals surface area contributed by atoms with E-state index >= 15 is 0 Å². The van der Waals surface area contributed by atoms with Crippen LogP contribution in [0, 0.1) is 0 Å². The predicted molar refractivity (Wildman–Crippen MR) is 97.7 cm³/mol. The van der Waals surface area contributed by atoms with Crippen LogP contribution in [-0.4, -0.2) is 60.8 Å². The lowest BCUT2D eigenvalue weighted by Gasteiger charge is -2.19. The molecule has 0 aliphatic carbocycles. The van der Waals surface area contributed by atoms with Crippen LogP contribution >= 0.6 is 0 Å². The standard InChI is InChI=1S/C17H21BN4O2/c1-21-5-2-6-22(8-7-21)10-14-19-15-12-9-11(18)3-4-13(12)24-16(15)17(23)20-14/h3-4,9H,2,5-8,10,18H2,1H3,(H,19,20,23). The van der Waals surface area contributed by atoms with E-state index in [2.05, 4.69) is 21.8 Å². The van der Waals surface area contributed by atoms with E-state index in [-0.39, 0.29) is 5.56 Å². The van der Waals surface area contributed by atoms with E-state index in [9.17, 15) is 4.79 Å². The fourth-order valence-corrected chi connectivity index (χ4v) is 3.36. The molecule has 0 spiro atoms. The maximum absolute atomic E-state index is 12.4. The third-order valence-corrected chi connectivity index (χ3v) is 4.71. The monoisotopic (exact) mass is 324 g/mol. The molecule has 1 fully saturated rings. The molecule has 124 valence electrons. The number of hydrogen-bond donors (Lipinski definition) is 1. The van der Waals surface area contributed by atoms with Gasteiger partial charge >= 0.3 is 0 Å². The normalized spacial score (nSPS) is 17.5. The number of fused-ring (bicyclic) bond motifs is 3. The lowest BCUT2D eigenvalue weighted by Crippen LogP contribution is -2.30. The Balaban J connectivity index is 1.72. The van der Waals surface area contributed by atoms with Gasteiger partial charge in [0.15, 0.2) is 0 Å². The minimum absolute atomic E-state index is 0.198. The lowest BCUT2D eigenvalue weighted by atomic mass is 9.95. The van der Waals surface area contributed by atoms with E-state index in [0.717, 1.165) is 43.4 Å². The van der Waals surface area contributed by atoms with Gasteiger partial charge in [0.2, 0.25) is 5.58 Å². The molecular formula is C17H21BN4O2. The zero-order valence-electron chi connectivity index (χ0n) is 14.1. The van der Waals surface area contributed by atoms with Crippen LogP contribution in [0.3, 0.4) is 0 Å². The van der Waals surface area contributed by atoms with Crippen LogP contribution in [0.1, 0.15) is 12.2 Å². The second-order valence-electron chi connectivity index (χ2n) is 6.73. The summed E-state index contributed by atoms with van der Waals surface area (Å²) in [5.41, 5.74) is 2.62. The molecule has 2 aromatic heterocycles. The summed E-state index contributed by atoms with van der Waals surface area (Å²) in [5.74, 6) is 0.709. The number of likely N-dealkylation sites (N-methyl/N-ethyl adjacent to an activating group) is 1. The highest BCUT2D eigenvalue weighted by Crippen LogP contribution is 2.23. The second-order valence-corrected chi connectivity index (χ2v) is 6.73. The van der Waals surface area contributed by atoms with Gasteiger partial charge in [-0.3, -0.25) is 9.69 Å². The Morgan fingerprint density at radius 3 is 3.04 bits per heavy atom. The summed E-state index contributed by atoms with van der Waals surface area (Å²) in [6.07, 6.45) is 1.14. The zero-order valence-corrected chi connectivity index (χ0v) is 14.1. The summed E-state index contributed by atoms with van der Waals surface area (Å²) in [6.45, 7) is 4.84. The minimum atomic E-state index is -0.198. The van der Waals surface area contributed by atoms with E-state index in [0.29, 0.717) is 29.1 Å². The topological polar surface area (TPSA) is 65.4 Å². The van der Waals surface area contributed by atoms with Crippen LogP contribution in [0.25, 0.3) is 22.1 Å². The molecule has 0 saturated carbocycles. The number of nitrogens with zero attached hydrogens (tertiary/aromatic N) is 3. The number of benzene rings is 1. The minimum Gasteiger partial charge on any atom is -0.449 e. The van der Waals surface area contributed by atoms with Crippen molar-refractivity contribution >= 4 is 35.4 Å². The van der Waals surface area contributed by atoms with Crippen LogP contribution in [-0.2, 0) is 6.54 Å². The molecule has 0 atom stereocenters. The first kappa shape index (κ1) is 15.4. The summed E-state index contributed by atoms with van der Waals surface area (Å²) in [6, 6.07) is 5.90. The van der Waals surface area contributed by atoms with Gasteiger partial charge in [-0.05, 0) is 32.6 Å². The molecule has 24 heavy (non-hydrogen) atoms. The molecule has 1 aliphatic heterocycles. The van der Waals surface area contributed by atoms with Crippen molar-refractivity contribution in [2.24, 2.45) is 0 Å². The Morgan fingerprint density at radius 2 is 2.17 bits per heavy atom. The van der Waals surface area contributed by atoms with E-state index in [1.54, 1.807) is 0 Å². The molecule has 7 heteroatoms. The van der Waals surface area contributed by atoms with Crippen molar-refractivity contribution in [2.45, 2.75) is 13.0 Å². The smallest absolute Gasteiger partial charge is 0.294 e. The van der Waals surface area contributed by atoms with Crippen molar-refractivity contribution in [3.8, 4) is 0 Å². The SMILES string of the molecule is Bc1ccc2oc3c(=O)[nH]c(CN4CCCN(C)CC4)nc3c2c1. The molecule has 6 nitrogen and oxygen atoms in total. The molecular weight excluding hydrogens is 303 g/mol. The Bertz CT molecular complexity index is 949. The van der Waals surface area contributed by atoms with Gasteiger partial charge in [-0.2, -0.15) is 0 Å². The van der Waals surface area contributed by atoms with E-state index in [1.807, 2.05) is 26.0 Å². The Labute approximate surface area is 140 Å². The third-order valence-electron chi connectivity index (χ3n) is 4.71. The molecule has 1 saturated heterocycles. The first-order valence-corrected chi connectivity index (χ1v) is 8.43. The number of aromatic nitrogens is 2. The summed E-state index contributed by atoms with van der Waals surface area (Å²) in [5, 5.41) is 0.910. The highest BCUT2D eigenvalue weighted by atomic mass is 16.3. The number of rotatable bonds is 2. The van der Waals surface area contributed by atoms with Gasteiger partial charge in [0.25, 0.3) is 5.56 Å². The summed E-state index contributed by atoms with van der Waals surface area (Å²) < 4.78 is 5.69. The molecule has 0 bridgehead atoms. The quantitative estimate of drug-likeness (QED) is 0.676. The molecule has 4 rings (SSSR count). The summed E-state index contributed by atoms with van der Waals surface area (Å²) >= 11 is 0. The maximum atomic E-state index is 12.4. The van der Waals surface area contributed by atoms with Gasteiger partial charge in [-0.1, -0.05) is 17.6 Å². The molecule has 1 N–H and O–H groups in total. The van der Waals surface area contributed by atoms with Crippen LogP contribution in [0.2, 0.25) is 0 Å². The van der Waals surface area contributed by atoms with Crippen molar-refractivity contribution in [2.75, 3.05) is 33.2 Å². The van der Waals surface area contributed by atoms with Gasteiger partial charge in [0.1, 0.15) is 24.8 Å². The largest absolute Gasteiger partial charge is 0.449 e. The van der Waals surface area contributed by atoms with Crippen LogP contribution in [0.4, 0.5) is 0 Å². The van der Waals surface area contributed by atoms with E-state index in [1.165, 1.54) is 0 Å². The van der Waals surface area contributed by atoms with Crippen molar-refractivity contribution in [3.05, 3.63) is 34.4 Å². The van der Waals surface area contributed by atoms with Crippen molar-refractivity contribution in [1.29, 1.82) is 0 Å². The first-order valence-electron chi connectivity index (χ1n) is 8.43. The Morgan fingerprint density at radius 1 is 1.29 bits per heavy atom. The predicted octanol–water partition coefficient (Wildman–Crippen LogP) is 0.0652. The van der Waals surface area contributed by atoms with Crippen LogP contribution in [0.15, 0.2) is 27.4 Å². The van der Waals surface area contributed by atoms with Gasteiger partial charge < -0.3 is 14.3 Å². The lowest BCUT2D eigenvalue weighted by molar-refractivity contribution is 0.263. The summed E-state index contributed by atoms with van der Waals surface area (Å²) in [4.78, 5) is 24.7. The third kappa shape index (κ3) is 2.85. The number of hydrogen-bond acceptors (Lipinski definition) is 5. The Hall–Kier alpha value is -2.12. The average molecular weight is 324 g/mol. The summed E-state index contributed by atoms with van der Waals surface area (Å²) in [7, 11) is 4.18. The van der Waals surface area contributed by atoms with Gasteiger partial charge in [-0.15, -0.1) is 0 Å². The highest BCUT2D eigenvalue weighted by Gasteiger charge is 2.17. The number of H-pyrrole nitrogens is 1. The maximum Gasteiger partial charge on any atom is 0.294 e. The molecule has 0 radical (unpaired) electrons. The Kier molecular flexibility index (Phi) is 3.90. The van der Waals surface area contributed by atoms with Crippen LogP contribution < -0.4 is 11.0 Å². The number of furan rings is 1. The van der Waals surface area contributed by atoms with Gasteiger partial charge in [-0.25, -0.2) is 4.98 Å². The zero-order chi connectivity index (χ0) is 16.7. The fraction of sp³-hybridized carbons (Fsp3) is 0.412. The van der Waals surface area contributed by atoms with Crippen LogP contribution in [0.5, 0.6) is 0 Å². The molecule has 0 amide bonds. The van der Waals surface area contributed by atoms with E-state index in [4.69, 9.17) is 9.40 Å². The molecule has 3 aromatic rings. The molecule has 1 aliphatic rings. The van der Waals surface area contributed by atoms with Gasteiger partial charge in [0.05, 0.1) is 6.54 Å². The van der Waals surface area contributed by atoms with E-state index < -0.39 is 0 Å². The number of nitrogens with one attached hydrogen (secondary N) is 1. The fourth-order valence-electron chi connectivity index (χ4n) is 3.36. The first-order chi connectivity index (χ1) is 11.6. The highest BCUT2D eigenvalue weighted by molar-refractivity contribution is 6.33. The molecule has 0 unspecified atom stereocenters. The van der Waals surface area contributed by atoms with Crippen molar-refractivity contribution in [1.82, 2.24) is 19.8 Å². The molecule has 1 aromatic carbocycles. The second kappa shape index (κ2) is 6.07. The average Bonchev–Trinajstić information content (AvgIpc) is 2.78. The number of aromatic amines is 1. The van der Waals surface area contributed by atoms with Crippen molar-refractivity contribution < 1.29 is 4.42 Å². The van der Waals surface area contributed by atoms with Gasteiger partial charge in [0, 0.05) is 18.5 Å². The van der Waals surface area contributed by atoms with Crippen molar-refractivity contribution in [3.63, 3.8) is 0 Å².